The Labute approximate surface area is 110 Å². The van der Waals surface area contributed by atoms with Gasteiger partial charge in [0.2, 0.25) is 0 Å². The number of rotatable bonds is 6. The number of benzene rings is 1. The molecule has 2 nitrogen and oxygen atoms in total. The van der Waals surface area contributed by atoms with Gasteiger partial charge in [-0.15, -0.1) is 0 Å². The van der Waals surface area contributed by atoms with E-state index in [-0.39, 0.29) is 12.1 Å². The molecule has 2 N–H and O–H groups in total. The molecule has 0 heterocycles. The average molecular weight is 278 g/mol. The zero-order valence-corrected chi connectivity index (χ0v) is 10.9. The van der Waals surface area contributed by atoms with Gasteiger partial charge in [-0.05, 0) is 6.07 Å². The van der Waals surface area contributed by atoms with Gasteiger partial charge in [0, 0.05) is 31.2 Å². The first-order chi connectivity index (χ1) is 8.82. The van der Waals surface area contributed by atoms with Crippen LogP contribution in [0.15, 0.2) is 18.2 Å². The standard InChI is InChI=1S/C13H18F4N2/c1-9(2)19-7-6-18-8-10-4-3-5-11(12(10)14)13(15,16)17/h3-5,9,18-19H,6-8H2,1-2H3. The first kappa shape index (κ1) is 15.9. The maximum Gasteiger partial charge on any atom is 0.419 e. The second-order valence-corrected chi connectivity index (χ2v) is 4.56. The van der Waals surface area contributed by atoms with E-state index in [1.54, 1.807) is 0 Å². The molecule has 1 aromatic rings. The van der Waals surface area contributed by atoms with E-state index >= 15 is 0 Å². The van der Waals surface area contributed by atoms with Crippen molar-refractivity contribution in [1.29, 1.82) is 0 Å². The van der Waals surface area contributed by atoms with Gasteiger partial charge in [0.15, 0.2) is 0 Å². The van der Waals surface area contributed by atoms with E-state index in [1.807, 2.05) is 13.8 Å². The summed E-state index contributed by atoms with van der Waals surface area (Å²) in [5.74, 6) is -1.20. The second-order valence-electron chi connectivity index (χ2n) is 4.56. The highest BCUT2D eigenvalue weighted by molar-refractivity contribution is 5.28. The number of hydrogen-bond donors (Lipinski definition) is 2. The smallest absolute Gasteiger partial charge is 0.313 e. The lowest BCUT2D eigenvalue weighted by molar-refractivity contribution is -0.140. The molecule has 0 bridgehead atoms. The predicted octanol–water partition coefficient (Wildman–Crippen LogP) is 2.93. The predicted molar refractivity (Wildman–Crippen MR) is 66.2 cm³/mol. The van der Waals surface area contributed by atoms with Crippen LogP contribution < -0.4 is 10.6 Å². The van der Waals surface area contributed by atoms with Gasteiger partial charge in [0.1, 0.15) is 5.82 Å². The van der Waals surface area contributed by atoms with E-state index < -0.39 is 17.6 Å². The summed E-state index contributed by atoms with van der Waals surface area (Å²) in [5, 5.41) is 6.05. The minimum Gasteiger partial charge on any atom is -0.313 e. The Morgan fingerprint density at radius 3 is 2.42 bits per heavy atom. The molecule has 0 amide bonds. The SMILES string of the molecule is CC(C)NCCNCc1cccc(C(F)(F)F)c1F. The van der Waals surface area contributed by atoms with E-state index in [0.717, 1.165) is 6.07 Å². The summed E-state index contributed by atoms with van der Waals surface area (Å²) >= 11 is 0. The molecule has 1 aromatic carbocycles. The molecule has 108 valence electrons. The average Bonchev–Trinajstić information content (AvgIpc) is 2.28. The number of alkyl halides is 3. The fourth-order valence-electron chi connectivity index (χ4n) is 1.61. The van der Waals surface area contributed by atoms with Gasteiger partial charge >= 0.3 is 6.18 Å². The van der Waals surface area contributed by atoms with Crippen molar-refractivity contribution in [2.75, 3.05) is 13.1 Å². The fraction of sp³-hybridized carbons (Fsp3) is 0.538. The molecule has 0 saturated heterocycles. The van der Waals surface area contributed by atoms with Crippen LogP contribution in [0.5, 0.6) is 0 Å². The summed E-state index contributed by atoms with van der Waals surface area (Å²) in [6.07, 6.45) is -4.65. The van der Waals surface area contributed by atoms with Crippen LogP contribution in [0.2, 0.25) is 0 Å². The third kappa shape index (κ3) is 5.16. The molecule has 0 aliphatic carbocycles. The Bertz CT molecular complexity index is 402. The number of halogens is 4. The van der Waals surface area contributed by atoms with E-state index in [1.165, 1.54) is 12.1 Å². The third-order valence-corrected chi connectivity index (χ3v) is 2.55. The van der Waals surface area contributed by atoms with Crippen molar-refractivity contribution < 1.29 is 17.6 Å². The highest BCUT2D eigenvalue weighted by Crippen LogP contribution is 2.32. The quantitative estimate of drug-likeness (QED) is 0.617. The number of hydrogen-bond acceptors (Lipinski definition) is 2. The number of nitrogens with one attached hydrogen (secondary N) is 2. The van der Waals surface area contributed by atoms with Gasteiger partial charge in [-0.3, -0.25) is 0 Å². The van der Waals surface area contributed by atoms with Gasteiger partial charge in [0.05, 0.1) is 5.56 Å². The molecule has 0 atom stereocenters. The maximum atomic E-state index is 13.6. The van der Waals surface area contributed by atoms with Crippen molar-refractivity contribution >= 4 is 0 Å². The summed E-state index contributed by atoms with van der Waals surface area (Å²) < 4.78 is 51.1. The molecule has 0 radical (unpaired) electrons. The van der Waals surface area contributed by atoms with E-state index in [4.69, 9.17) is 0 Å². The molecule has 6 heteroatoms. The Morgan fingerprint density at radius 1 is 1.16 bits per heavy atom. The van der Waals surface area contributed by atoms with Gasteiger partial charge < -0.3 is 10.6 Å². The molecule has 0 unspecified atom stereocenters. The van der Waals surface area contributed by atoms with Crippen LogP contribution in [0.3, 0.4) is 0 Å². The minimum atomic E-state index is -4.65. The van der Waals surface area contributed by atoms with E-state index in [2.05, 4.69) is 10.6 Å². The molecule has 1 rings (SSSR count). The Kier molecular flexibility index (Phi) is 5.75. The van der Waals surface area contributed by atoms with Crippen LogP contribution in [-0.2, 0) is 12.7 Å². The molecule has 0 saturated carbocycles. The van der Waals surface area contributed by atoms with Crippen molar-refractivity contribution in [2.45, 2.75) is 32.6 Å². The summed E-state index contributed by atoms with van der Waals surface area (Å²) in [6, 6.07) is 3.66. The van der Waals surface area contributed by atoms with Crippen molar-refractivity contribution in [3.05, 3.63) is 35.1 Å². The molecular weight excluding hydrogens is 260 g/mol. The maximum absolute atomic E-state index is 13.6. The van der Waals surface area contributed by atoms with Gasteiger partial charge in [-0.2, -0.15) is 13.2 Å². The third-order valence-electron chi connectivity index (χ3n) is 2.55. The fourth-order valence-corrected chi connectivity index (χ4v) is 1.61. The Morgan fingerprint density at radius 2 is 1.84 bits per heavy atom. The molecular formula is C13H18F4N2. The van der Waals surface area contributed by atoms with Crippen LogP contribution in [0.4, 0.5) is 17.6 Å². The van der Waals surface area contributed by atoms with E-state index in [0.29, 0.717) is 19.1 Å². The van der Waals surface area contributed by atoms with Crippen LogP contribution in [-0.4, -0.2) is 19.1 Å². The van der Waals surface area contributed by atoms with Crippen molar-refractivity contribution in [2.24, 2.45) is 0 Å². The van der Waals surface area contributed by atoms with Crippen LogP contribution in [0, 0.1) is 5.82 Å². The second kappa shape index (κ2) is 6.86. The van der Waals surface area contributed by atoms with Crippen molar-refractivity contribution in [3.63, 3.8) is 0 Å². The zero-order valence-electron chi connectivity index (χ0n) is 10.9. The van der Waals surface area contributed by atoms with Gasteiger partial charge in [-0.25, -0.2) is 4.39 Å². The van der Waals surface area contributed by atoms with Crippen LogP contribution in [0.25, 0.3) is 0 Å². The Balaban J connectivity index is 2.55. The Hall–Kier alpha value is -1.14. The summed E-state index contributed by atoms with van der Waals surface area (Å²) in [6.45, 7) is 5.31. The first-order valence-corrected chi connectivity index (χ1v) is 6.11. The first-order valence-electron chi connectivity index (χ1n) is 6.11. The summed E-state index contributed by atoms with van der Waals surface area (Å²) in [5.41, 5.74) is -1.19. The molecule has 0 aliphatic rings. The molecule has 19 heavy (non-hydrogen) atoms. The molecule has 0 aromatic heterocycles. The van der Waals surface area contributed by atoms with Gasteiger partial charge in [-0.1, -0.05) is 26.0 Å². The summed E-state index contributed by atoms with van der Waals surface area (Å²) in [4.78, 5) is 0. The summed E-state index contributed by atoms with van der Waals surface area (Å²) in [7, 11) is 0. The molecule has 0 aliphatic heterocycles. The highest BCUT2D eigenvalue weighted by atomic mass is 19.4. The largest absolute Gasteiger partial charge is 0.419 e. The molecule has 0 spiro atoms. The van der Waals surface area contributed by atoms with Gasteiger partial charge in [0.25, 0.3) is 0 Å². The van der Waals surface area contributed by atoms with Crippen molar-refractivity contribution in [3.8, 4) is 0 Å². The lowest BCUT2D eigenvalue weighted by Crippen LogP contribution is -2.31. The lowest BCUT2D eigenvalue weighted by Gasteiger charge is -2.12. The normalized spacial score (nSPS) is 12.2. The van der Waals surface area contributed by atoms with Crippen LogP contribution in [0.1, 0.15) is 25.0 Å². The monoisotopic (exact) mass is 278 g/mol. The lowest BCUT2D eigenvalue weighted by atomic mass is 10.1. The van der Waals surface area contributed by atoms with Crippen molar-refractivity contribution in [1.82, 2.24) is 10.6 Å². The zero-order chi connectivity index (χ0) is 14.5. The minimum absolute atomic E-state index is 0.0272. The van der Waals surface area contributed by atoms with E-state index in [9.17, 15) is 17.6 Å². The highest BCUT2D eigenvalue weighted by Gasteiger charge is 2.34. The topological polar surface area (TPSA) is 24.1 Å². The van der Waals surface area contributed by atoms with Crippen LogP contribution >= 0.6 is 0 Å². The molecule has 0 fully saturated rings.